The predicted molar refractivity (Wildman–Crippen MR) is 76.4 cm³/mol. The van der Waals surface area contributed by atoms with E-state index in [-0.39, 0.29) is 0 Å². The van der Waals surface area contributed by atoms with Crippen LogP contribution in [0.4, 0.5) is 0 Å². The lowest BCUT2D eigenvalue weighted by atomic mass is 9.84. The van der Waals surface area contributed by atoms with E-state index in [4.69, 9.17) is 0 Å². The van der Waals surface area contributed by atoms with Gasteiger partial charge in [0.05, 0.1) is 0 Å². The molecule has 0 aromatic rings. The Morgan fingerprint density at radius 1 is 1.35 bits per heavy atom. The molecule has 1 fully saturated rings. The van der Waals surface area contributed by atoms with Crippen LogP contribution in [0, 0.1) is 5.41 Å². The average molecular weight is 240 g/mol. The molecule has 1 heterocycles. The first-order valence-corrected chi connectivity index (χ1v) is 7.35. The smallest absolute Gasteiger partial charge is 0.0244 e. The molecule has 2 nitrogen and oxygen atoms in total. The van der Waals surface area contributed by atoms with Gasteiger partial charge < -0.3 is 5.32 Å². The molecule has 1 rings (SSSR count). The van der Waals surface area contributed by atoms with Crippen LogP contribution in [0.25, 0.3) is 0 Å². The summed E-state index contributed by atoms with van der Waals surface area (Å²) in [4.78, 5) is 2.71. The van der Waals surface area contributed by atoms with Gasteiger partial charge in [0.25, 0.3) is 0 Å². The predicted octanol–water partition coefficient (Wildman–Crippen LogP) is 3.27. The molecule has 3 unspecified atom stereocenters. The molecule has 0 bridgehead atoms. The van der Waals surface area contributed by atoms with E-state index in [0.717, 1.165) is 12.6 Å². The lowest BCUT2D eigenvalue weighted by molar-refractivity contribution is 0.0593. The number of unbranched alkanes of at least 4 members (excludes halogenated alkanes) is 1. The second-order valence-electron chi connectivity index (χ2n) is 6.86. The van der Waals surface area contributed by atoms with Crippen molar-refractivity contribution >= 4 is 0 Å². The van der Waals surface area contributed by atoms with Crippen LogP contribution in [0.5, 0.6) is 0 Å². The molecule has 0 saturated carbocycles. The second kappa shape index (κ2) is 6.19. The SMILES string of the molecule is CCCCC(C)N1CC(C(C)(C)C)NCC1C. The van der Waals surface area contributed by atoms with Crippen LogP contribution in [0.2, 0.25) is 0 Å². The second-order valence-corrected chi connectivity index (χ2v) is 6.86. The molecule has 0 spiro atoms. The Kier molecular flexibility index (Phi) is 5.46. The van der Waals surface area contributed by atoms with Crippen molar-refractivity contribution in [3.05, 3.63) is 0 Å². The number of nitrogens with one attached hydrogen (secondary N) is 1. The maximum atomic E-state index is 3.71. The van der Waals surface area contributed by atoms with Crippen LogP contribution in [0.15, 0.2) is 0 Å². The number of rotatable bonds is 4. The fraction of sp³-hybridized carbons (Fsp3) is 1.00. The third-order valence-corrected chi connectivity index (χ3v) is 4.21. The number of hydrogen-bond donors (Lipinski definition) is 1. The van der Waals surface area contributed by atoms with E-state index >= 15 is 0 Å². The largest absolute Gasteiger partial charge is 0.311 e. The third kappa shape index (κ3) is 4.26. The van der Waals surface area contributed by atoms with Crippen molar-refractivity contribution in [1.29, 1.82) is 0 Å². The monoisotopic (exact) mass is 240 g/mol. The van der Waals surface area contributed by atoms with Crippen LogP contribution >= 0.6 is 0 Å². The summed E-state index contributed by atoms with van der Waals surface area (Å²) in [6, 6.07) is 2.04. The molecule has 1 saturated heterocycles. The van der Waals surface area contributed by atoms with Crippen molar-refractivity contribution in [2.75, 3.05) is 13.1 Å². The lowest BCUT2D eigenvalue weighted by Crippen LogP contribution is -2.61. The first-order chi connectivity index (χ1) is 7.86. The molecule has 1 aliphatic rings. The standard InChI is InChI=1S/C15H32N2/c1-7-8-9-12(2)17-11-14(15(4,5)6)16-10-13(17)3/h12-14,16H,7-11H2,1-6H3. The highest BCUT2D eigenvalue weighted by molar-refractivity contribution is 4.92. The Hall–Kier alpha value is -0.0800. The van der Waals surface area contributed by atoms with Gasteiger partial charge in [-0.3, -0.25) is 4.90 Å². The summed E-state index contributed by atoms with van der Waals surface area (Å²) in [6.07, 6.45) is 4.02. The van der Waals surface area contributed by atoms with Crippen LogP contribution < -0.4 is 5.32 Å². The van der Waals surface area contributed by atoms with Gasteiger partial charge in [-0.1, -0.05) is 40.5 Å². The van der Waals surface area contributed by atoms with Crippen molar-refractivity contribution in [3.8, 4) is 0 Å². The Balaban J connectivity index is 2.57. The van der Waals surface area contributed by atoms with E-state index in [2.05, 4.69) is 51.8 Å². The van der Waals surface area contributed by atoms with E-state index in [0.29, 0.717) is 17.5 Å². The zero-order valence-electron chi connectivity index (χ0n) is 12.7. The third-order valence-electron chi connectivity index (χ3n) is 4.21. The van der Waals surface area contributed by atoms with Crippen molar-refractivity contribution in [3.63, 3.8) is 0 Å². The van der Waals surface area contributed by atoms with Gasteiger partial charge in [0.15, 0.2) is 0 Å². The van der Waals surface area contributed by atoms with Gasteiger partial charge in [-0.05, 0) is 25.7 Å². The summed E-state index contributed by atoms with van der Waals surface area (Å²) in [5.41, 5.74) is 0.364. The van der Waals surface area contributed by atoms with E-state index < -0.39 is 0 Å². The quantitative estimate of drug-likeness (QED) is 0.811. The van der Waals surface area contributed by atoms with E-state index in [9.17, 15) is 0 Å². The van der Waals surface area contributed by atoms with Crippen molar-refractivity contribution in [2.45, 2.75) is 78.9 Å². The van der Waals surface area contributed by atoms with Crippen LogP contribution in [-0.2, 0) is 0 Å². The maximum Gasteiger partial charge on any atom is 0.0244 e. The van der Waals surface area contributed by atoms with Crippen LogP contribution in [-0.4, -0.2) is 36.1 Å². The number of piperazine rings is 1. The minimum absolute atomic E-state index is 0.364. The summed E-state index contributed by atoms with van der Waals surface area (Å²) >= 11 is 0. The molecule has 1 N–H and O–H groups in total. The zero-order valence-corrected chi connectivity index (χ0v) is 12.7. The number of nitrogens with zero attached hydrogens (tertiary/aromatic N) is 1. The Labute approximate surface area is 108 Å². The Morgan fingerprint density at radius 3 is 2.53 bits per heavy atom. The molecular formula is C15H32N2. The maximum absolute atomic E-state index is 3.71. The van der Waals surface area contributed by atoms with Gasteiger partial charge in [-0.25, -0.2) is 0 Å². The van der Waals surface area contributed by atoms with Gasteiger partial charge in [0.1, 0.15) is 0 Å². The van der Waals surface area contributed by atoms with Crippen molar-refractivity contribution < 1.29 is 0 Å². The Bertz CT molecular complexity index is 219. The molecule has 0 amide bonds. The molecule has 1 aliphatic heterocycles. The summed E-state index contributed by atoms with van der Waals surface area (Å²) < 4.78 is 0. The molecule has 0 aromatic heterocycles. The fourth-order valence-electron chi connectivity index (χ4n) is 2.75. The normalized spacial score (nSPS) is 29.3. The van der Waals surface area contributed by atoms with Gasteiger partial charge in [0, 0.05) is 31.2 Å². The highest BCUT2D eigenvalue weighted by Gasteiger charge is 2.33. The molecule has 2 heteroatoms. The van der Waals surface area contributed by atoms with Gasteiger partial charge in [-0.2, -0.15) is 0 Å². The highest BCUT2D eigenvalue weighted by Crippen LogP contribution is 2.25. The van der Waals surface area contributed by atoms with Crippen molar-refractivity contribution in [2.24, 2.45) is 5.41 Å². The summed E-state index contributed by atoms with van der Waals surface area (Å²) in [6.45, 7) is 16.4. The molecule has 17 heavy (non-hydrogen) atoms. The highest BCUT2D eigenvalue weighted by atomic mass is 15.2. The van der Waals surface area contributed by atoms with E-state index in [1.54, 1.807) is 0 Å². The number of hydrogen-bond acceptors (Lipinski definition) is 2. The molecule has 102 valence electrons. The van der Waals surface area contributed by atoms with Crippen LogP contribution in [0.1, 0.15) is 60.8 Å². The molecule has 3 atom stereocenters. The molecule has 0 aromatic carbocycles. The fourth-order valence-corrected chi connectivity index (χ4v) is 2.75. The average Bonchev–Trinajstić information content (AvgIpc) is 2.24. The van der Waals surface area contributed by atoms with E-state index in [1.807, 2.05) is 0 Å². The summed E-state index contributed by atoms with van der Waals surface area (Å²) in [7, 11) is 0. The van der Waals surface area contributed by atoms with Gasteiger partial charge in [0.2, 0.25) is 0 Å². The summed E-state index contributed by atoms with van der Waals surface area (Å²) in [5.74, 6) is 0. The minimum Gasteiger partial charge on any atom is -0.311 e. The van der Waals surface area contributed by atoms with Crippen molar-refractivity contribution in [1.82, 2.24) is 10.2 Å². The van der Waals surface area contributed by atoms with Crippen LogP contribution in [0.3, 0.4) is 0 Å². The topological polar surface area (TPSA) is 15.3 Å². The first-order valence-electron chi connectivity index (χ1n) is 7.35. The minimum atomic E-state index is 0.364. The summed E-state index contributed by atoms with van der Waals surface area (Å²) in [5, 5.41) is 3.71. The molecule has 0 radical (unpaired) electrons. The first kappa shape index (κ1) is 15.0. The van der Waals surface area contributed by atoms with Gasteiger partial charge in [-0.15, -0.1) is 0 Å². The van der Waals surface area contributed by atoms with E-state index in [1.165, 1.54) is 25.8 Å². The Morgan fingerprint density at radius 2 is 2.00 bits per heavy atom. The van der Waals surface area contributed by atoms with Gasteiger partial charge >= 0.3 is 0 Å². The molecule has 0 aliphatic carbocycles. The lowest BCUT2D eigenvalue weighted by Gasteiger charge is -2.46. The zero-order chi connectivity index (χ0) is 13.1. The molecular weight excluding hydrogens is 208 g/mol.